The highest BCUT2D eigenvalue weighted by Crippen LogP contribution is 2.46. The van der Waals surface area contributed by atoms with Crippen LogP contribution in [-0.2, 0) is 16.8 Å². The fourth-order valence-electron chi connectivity index (χ4n) is 5.69. The lowest BCUT2D eigenvalue weighted by Crippen LogP contribution is -2.49. The van der Waals surface area contributed by atoms with Crippen molar-refractivity contribution in [2.24, 2.45) is 0 Å². The summed E-state index contributed by atoms with van der Waals surface area (Å²) in [6.45, 7) is 6.32. The van der Waals surface area contributed by atoms with E-state index < -0.39 is 11.6 Å². The molecule has 0 saturated carbocycles. The number of amides is 4. The molecule has 194 valence electrons. The Bertz CT molecular complexity index is 1380. The van der Waals surface area contributed by atoms with Crippen molar-refractivity contribution in [3.63, 3.8) is 0 Å². The third kappa shape index (κ3) is 3.95. The van der Waals surface area contributed by atoms with Gasteiger partial charge in [0.2, 0.25) is 0 Å². The van der Waals surface area contributed by atoms with Crippen molar-refractivity contribution in [1.29, 1.82) is 0 Å². The minimum absolute atomic E-state index is 0.00756. The average molecular weight is 503 g/mol. The summed E-state index contributed by atoms with van der Waals surface area (Å²) in [6.07, 6.45) is 4.76. The largest absolute Gasteiger partial charge is 0.497 e. The normalized spacial score (nSPS) is 19.7. The number of carbonyl (C=O) groups is 3. The van der Waals surface area contributed by atoms with E-state index in [-0.39, 0.29) is 17.9 Å². The number of H-pyrrole nitrogens is 1. The third-order valence-corrected chi connectivity index (χ3v) is 7.77. The number of nitrogens with one attached hydrogen (secondary N) is 2. The molecule has 3 heterocycles. The highest BCUT2D eigenvalue weighted by molar-refractivity contribution is 6.25. The van der Waals surface area contributed by atoms with Crippen LogP contribution in [0.15, 0.2) is 42.5 Å². The molecular formula is C29H34N4O4. The van der Waals surface area contributed by atoms with Gasteiger partial charge in [0.25, 0.3) is 11.8 Å². The second kappa shape index (κ2) is 9.57. The number of para-hydroxylation sites is 1. The van der Waals surface area contributed by atoms with E-state index in [1.54, 1.807) is 43.2 Å². The Kier molecular flexibility index (Phi) is 6.43. The first-order valence-electron chi connectivity index (χ1n) is 13.1. The summed E-state index contributed by atoms with van der Waals surface area (Å²) in [5, 5.41) is 4.04. The predicted octanol–water partition coefficient (Wildman–Crippen LogP) is 5.12. The number of imide groups is 1. The van der Waals surface area contributed by atoms with Crippen molar-refractivity contribution in [2.45, 2.75) is 64.5 Å². The summed E-state index contributed by atoms with van der Waals surface area (Å²) >= 11 is 0. The SMILES string of the molecule is CCCCCC(C)NC(=O)c1ccccc1N1C(=O)N2CCc3c([nH]c4ccc(OC)cc34)[C@@]2(C)C1=O. The summed E-state index contributed by atoms with van der Waals surface area (Å²) in [7, 11) is 1.62. The molecule has 0 spiro atoms. The van der Waals surface area contributed by atoms with Crippen LogP contribution in [0.4, 0.5) is 10.5 Å². The van der Waals surface area contributed by atoms with Crippen LogP contribution < -0.4 is 15.0 Å². The highest BCUT2D eigenvalue weighted by Gasteiger charge is 2.59. The number of anilines is 1. The summed E-state index contributed by atoms with van der Waals surface area (Å²) in [5.74, 6) is 0.0861. The Morgan fingerprint density at radius 3 is 2.73 bits per heavy atom. The molecule has 2 atom stereocenters. The third-order valence-electron chi connectivity index (χ3n) is 7.77. The standard InChI is InChI=1S/C29H34N4O4/c1-5-6-7-10-18(2)30-26(34)21-11-8-9-12-24(21)33-27(35)29(3)25-20(15-16-32(29)28(33)36)22-17-19(37-4)13-14-23(22)31-25/h8-9,11-14,17-18,31H,5-7,10,15-16H2,1-4H3,(H,30,34)/t18?,29-/m0/s1. The zero-order valence-electron chi connectivity index (χ0n) is 21.9. The summed E-state index contributed by atoms with van der Waals surface area (Å²) in [6, 6.07) is 12.2. The molecule has 2 N–H and O–H groups in total. The molecule has 0 aliphatic carbocycles. The lowest BCUT2D eigenvalue weighted by Gasteiger charge is -2.35. The number of hydrogen-bond acceptors (Lipinski definition) is 4. The van der Waals surface area contributed by atoms with E-state index in [0.717, 1.165) is 47.9 Å². The molecule has 5 rings (SSSR count). The van der Waals surface area contributed by atoms with Gasteiger partial charge in [-0.1, -0.05) is 38.3 Å². The van der Waals surface area contributed by atoms with E-state index in [1.165, 1.54) is 4.90 Å². The minimum Gasteiger partial charge on any atom is -0.497 e. The molecule has 8 nitrogen and oxygen atoms in total. The number of aromatic nitrogens is 1. The fourth-order valence-corrected chi connectivity index (χ4v) is 5.69. The molecule has 4 amide bonds. The van der Waals surface area contributed by atoms with Gasteiger partial charge in [0.05, 0.1) is 24.1 Å². The molecule has 1 fully saturated rings. The van der Waals surface area contributed by atoms with E-state index in [9.17, 15) is 14.4 Å². The molecule has 1 saturated heterocycles. The zero-order valence-corrected chi connectivity index (χ0v) is 21.9. The quantitative estimate of drug-likeness (QED) is 0.330. The molecule has 2 aliphatic heterocycles. The number of unbranched alkanes of at least 4 members (excludes halogenated alkanes) is 2. The number of hydrogen-bond donors (Lipinski definition) is 2. The van der Waals surface area contributed by atoms with E-state index in [0.29, 0.717) is 29.9 Å². The average Bonchev–Trinajstić information content (AvgIpc) is 3.36. The van der Waals surface area contributed by atoms with Gasteiger partial charge in [-0.05, 0) is 62.6 Å². The van der Waals surface area contributed by atoms with Crippen molar-refractivity contribution >= 4 is 34.4 Å². The van der Waals surface area contributed by atoms with Crippen molar-refractivity contribution in [2.75, 3.05) is 18.6 Å². The number of rotatable bonds is 8. The van der Waals surface area contributed by atoms with Crippen LogP contribution in [-0.4, -0.2) is 47.4 Å². The lowest BCUT2D eigenvalue weighted by molar-refractivity contribution is -0.125. The topological polar surface area (TPSA) is 94.7 Å². The number of carbonyl (C=O) groups excluding carboxylic acids is 3. The van der Waals surface area contributed by atoms with Crippen molar-refractivity contribution < 1.29 is 19.1 Å². The summed E-state index contributed by atoms with van der Waals surface area (Å²) in [5.41, 5.74) is 2.05. The molecule has 2 aliphatic rings. The Labute approximate surface area is 217 Å². The van der Waals surface area contributed by atoms with Gasteiger partial charge in [-0.25, -0.2) is 9.69 Å². The molecule has 1 unspecified atom stereocenters. The van der Waals surface area contributed by atoms with Crippen LogP contribution in [0.25, 0.3) is 10.9 Å². The van der Waals surface area contributed by atoms with E-state index in [4.69, 9.17) is 4.74 Å². The fraction of sp³-hybridized carbons (Fsp3) is 0.414. The molecule has 3 aromatic rings. The van der Waals surface area contributed by atoms with Gasteiger partial charge in [-0.15, -0.1) is 0 Å². The van der Waals surface area contributed by atoms with Gasteiger partial charge in [0, 0.05) is 23.5 Å². The molecule has 2 aromatic carbocycles. The highest BCUT2D eigenvalue weighted by atomic mass is 16.5. The van der Waals surface area contributed by atoms with Gasteiger partial charge in [-0.2, -0.15) is 0 Å². The number of fused-ring (bicyclic) bond motifs is 5. The molecule has 1 aromatic heterocycles. The second-order valence-corrected chi connectivity index (χ2v) is 10.2. The summed E-state index contributed by atoms with van der Waals surface area (Å²) < 4.78 is 5.41. The van der Waals surface area contributed by atoms with Crippen LogP contribution in [0.5, 0.6) is 5.75 Å². The molecular weight excluding hydrogens is 468 g/mol. The number of methoxy groups -OCH3 is 1. The number of benzene rings is 2. The first-order chi connectivity index (χ1) is 17.8. The van der Waals surface area contributed by atoms with Gasteiger partial charge >= 0.3 is 6.03 Å². The van der Waals surface area contributed by atoms with Gasteiger partial charge in [0.15, 0.2) is 5.54 Å². The molecule has 37 heavy (non-hydrogen) atoms. The molecule has 0 radical (unpaired) electrons. The number of nitrogens with zero attached hydrogens (tertiary/aromatic N) is 2. The Morgan fingerprint density at radius 2 is 1.97 bits per heavy atom. The van der Waals surface area contributed by atoms with E-state index in [1.807, 2.05) is 25.1 Å². The molecule has 0 bridgehead atoms. The first-order valence-corrected chi connectivity index (χ1v) is 13.1. The van der Waals surface area contributed by atoms with Crippen LogP contribution in [0.1, 0.15) is 68.1 Å². The number of ether oxygens (including phenoxy) is 1. The van der Waals surface area contributed by atoms with Crippen LogP contribution in [0, 0.1) is 0 Å². The van der Waals surface area contributed by atoms with Crippen molar-refractivity contribution in [1.82, 2.24) is 15.2 Å². The van der Waals surface area contributed by atoms with Crippen LogP contribution in [0.3, 0.4) is 0 Å². The summed E-state index contributed by atoms with van der Waals surface area (Å²) in [4.78, 5) is 47.3. The van der Waals surface area contributed by atoms with E-state index in [2.05, 4.69) is 17.2 Å². The van der Waals surface area contributed by atoms with Crippen LogP contribution >= 0.6 is 0 Å². The zero-order chi connectivity index (χ0) is 26.3. The lowest BCUT2D eigenvalue weighted by atomic mass is 9.87. The Balaban J connectivity index is 1.50. The Morgan fingerprint density at radius 1 is 1.19 bits per heavy atom. The smallest absolute Gasteiger partial charge is 0.332 e. The van der Waals surface area contributed by atoms with Gasteiger partial charge in [0.1, 0.15) is 5.75 Å². The number of urea groups is 1. The van der Waals surface area contributed by atoms with Crippen LogP contribution in [0.2, 0.25) is 0 Å². The monoisotopic (exact) mass is 502 g/mol. The van der Waals surface area contributed by atoms with Gasteiger partial charge in [-0.3, -0.25) is 9.59 Å². The van der Waals surface area contributed by atoms with Crippen molar-refractivity contribution in [3.8, 4) is 5.75 Å². The maximum Gasteiger partial charge on any atom is 0.332 e. The maximum atomic E-state index is 14.1. The molecule has 8 heteroatoms. The Hall–Kier alpha value is -3.81. The first kappa shape index (κ1) is 24.9. The van der Waals surface area contributed by atoms with Gasteiger partial charge < -0.3 is 19.9 Å². The second-order valence-electron chi connectivity index (χ2n) is 10.2. The van der Waals surface area contributed by atoms with Crippen molar-refractivity contribution in [3.05, 3.63) is 59.3 Å². The maximum absolute atomic E-state index is 14.1. The minimum atomic E-state index is -1.20. The number of aromatic amines is 1. The predicted molar refractivity (Wildman–Crippen MR) is 143 cm³/mol. The van der Waals surface area contributed by atoms with E-state index >= 15 is 0 Å².